The van der Waals surface area contributed by atoms with Crippen LogP contribution in [0.25, 0.3) is 0 Å². The third kappa shape index (κ3) is 5.75. The first-order valence-electron chi connectivity index (χ1n) is 2.54. The van der Waals surface area contributed by atoms with Crippen molar-refractivity contribution in [2.24, 2.45) is 5.73 Å². The van der Waals surface area contributed by atoms with Crippen molar-refractivity contribution in [3.05, 3.63) is 0 Å². The Morgan fingerprint density at radius 1 is 1.67 bits per heavy atom. The predicted octanol–water partition coefficient (Wildman–Crippen LogP) is -0.690. The first-order chi connectivity index (χ1) is 3.95. The third-order valence-corrected chi connectivity index (χ3v) is 1.35. The minimum Gasteiger partial charge on any atom is -0.328 e. The van der Waals surface area contributed by atoms with Crippen molar-refractivity contribution < 1.29 is 12.6 Å². The Bertz CT molecular complexity index is 163. The minimum absolute atomic E-state index is 0.215. The monoisotopic (exact) mass is 153 g/mol. The molecule has 0 amide bonds. The average Bonchev–Trinajstić information content (AvgIpc) is 1.62. The van der Waals surface area contributed by atoms with E-state index in [4.69, 9.17) is 5.73 Å². The normalized spacial score (nSPS) is 15.4. The molecule has 0 heterocycles. The largest absolute Gasteiger partial charge is 0.328 e. The number of hydrogen-bond acceptors (Lipinski definition) is 4. The SMILES string of the molecule is C[C@@H](CN)OS(C)(=O)=O. The predicted molar refractivity (Wildman–Crippen MR) is 34.4 cm³/mol. The number of hydrogen-bond donors (Lipinski definition) is 1. The van der Waals surface area contributed by atoms with Gasteiger partial charge in [-0.25, -0.2) is 0 Å². The zero-order valence-corrected chi connectivity index (χ0v) is 6.31. The molecule has 0 fully saturated rings. The van der Waals surface area contributed by atoms with E-state index in [0.717, 1.165) is 6.26 Å². The highest BCUT2D eigenvalue weighted by Crippen LogP contribution is 1.92. The van der Waals surface area contributed by atoms with Crippen molar-refractivity contribution in [3.63, 3.8) is 0 Å². The smallest absolute Gasteiger partial charge is 0.264 e. The lowest BCUT2D eigenvalue weighted by Crippen LogP contribution is -2.22. The summed E-state index contributed by atoms with van der Waals surface area (Å²) in [6.45, 7) is 1.81. The molecule has 0 saturated carbocycles. The van der Waals surface area contributed by atoms with Crippen molar-refractivity contribution in [1.82, 2.24) is 0 Å². The van der Waals surface area contributed by atoms with Crippen LogP contribution >= 0.6 is 0 Å². The maximum atomic E-state index is 10.3. The van der Waals surface area contributed by atoms with Crippen LogP contribution in [0.3, 0.4) is 0 Å². The van der Waals surface area contributed by atoms with Crippen molar-refractivity contribution in [2.75, 3.05) is 12.8 Å². The van der Waals surface area contributed by atoms with E-state index in [1.807, 2.05) is 0 Å². The van der Waals surface area contributed by atoms with E-state index in [1.165, 1.54) is 0 Å². The number of rotatable bonds is 3. The molecule has 0 aromatic carbocycles. The molecule has 0 radical (unpaired) electrons. The van der Waals surface area contributed by atoms with E-state index in [2.05, 4.69) is 4.18 Å². The van der Waals surface area contributed by atoms with Gasteiger partial charge in [-0.3, -0.25) is 4.18 Å². The van der Waals surface area contributed by atoms with Gasteiger partial charge in [0.25, 0.3) is 10.1 Å². The molecule has 9 heavy (non-hydrogen) atoms. The standard InChI is InChI=1S/C4H11NO3S/c1-4(3-5)8-9(2,6)7/h4H,3,5H2,1-2H3/t4-/m0/s1. The fourth-order valence-electron chi connectivity index (χ4n) is 0.338. The van der Waals surface area contributed by atoms with Gasteiger partial charge < -0.3 is 5.73 Å². The summed E-state index contributed by atoms with van der Waals surface area (Å²) in [5.74, 6) is 0. The molecule has 0 aliphatic rings. The van der Waals surface area contributed by atoms with Crippen molar-refractivity contribution in [2.45, 2.75) is 13.0 Å². The molecule has 0 aliphatic carbocycles. The maximum absolute atomic E-state index is 10.3. The second-order valence-corrected chi connectivity index (χ2v) is 3.45. The van der Waals surface area contributed by atoms with Crippen LogP contribution in [-0.2, 0) is 14.3 Å². The molecule has 1 atom stereocenters. The van der Waals surface area contributed by atoms with Crippen molar-refractivity contribution in [1.29, 1.82) is 0 Å². The van der Waals surface area contributed by atoms with E-state index in [-0.39, 0.29) is 6.54 Å². The summed E-state index contributed by atoms with van der Waals surface area (Å²) >= 11 is 0. The first kappa shape index (κ1) is 8.87. The zero-order chi connectivity index (χ0) is 7.49. The van der Waals surface area contributed by atoms with Gasteiger partial charge in [-0.1, -0.05) is 0 Å². The van der Waals surface area contributed by atoms with E-state index in [9.17, 15) is 8.42 Å². The second-order valence-electron chi connectivity index (χ2n) is 1.85. The van der Waals surface area contributed by atoms with E-state index >= 15 is 0 Å². The molecular weight excluding hydrogens is 142 g/mol. The maximum Gasteiger partial charge on any atom is 0.264 e. The van der Waals surface area contributed by atoms with Gasteiger partial charge in [0.2, 0.25) is 0 Å². The van der Waals surface area contributed by atoms with Crippen LogP contribution in [0.2, 0.25) is 0 Å². The van der Waals surface area contributed by atoms with Gasteiger partial charge >= 0.3 is 0 Å². The van der Waals surface area contributed by atoms with Crippen LogP contribution in [0.5, 0.6) is 0 Å². The Kier molecular flexibility index (Phi) is 3.10. The van der Waals surface area contributed by atoms with Crippen LogP contribution in [0.1, 0.15) is 6.92 Å². The third-order valence-electron chi connectivity index (χ3n) is 0.671. The molecule has 0 spiro atoms. The lowest BCUT2D eigenvalue weighted by Gasteiger charge is -2.05. The van der Waals surface area contributed by atoms with Gasteiger partial charge in [0.15, 0.2) is 0 Å². The van der Waals surface area contributed by atoms with E-state index in [0.29, 0.717) is 0 Å². The lowest BCUT2D eigenvalue weighted by atomic mass is 10.4. The molecule has 0 bridgehead atoms. The Morgan fingerprint density at radius 3 is 2.22 bits per heavy atom. The Balaban J connectivity index is 3.75. The molecule has 2 N–H and O–H groups in total. The molecule has 4 nitrogen and oxygen atoms in total. The van der Waals surface area contributed by atoms with Crippen LogP contribution in [0.4, 0.5) is 0 Å². The summed E-state index contributed by atoms with van der Waals surface area (Å²) in [4.78, 5) is 0. The summed E-state index contributed by atoms with van der Waals surface area (Å²) in [6, 6.07) is 0. The highest BCUT2D eigenvalue weighted by molar-refractivity contribution is 7.86. The molecular formula is C4H11NO3S. The van der Waals surface area contributed by atoms with Crippen LogP contribution in [0.15, 0.2) is 0 Å². The van der Waals surface area contributed by atoms with Crippen molar-refractivity contribution in [3.8, 4) is 0 Å². The van der Waals surface area contributed by atoms with E-state index in [1.54, 1.807) is 6.92 Å². The quantitative estimate of drug-likeness (QED) is 0.545. The van der Waals surface area contributed by atoms with Gasteiger partial charge in [0.1, 0.15) is 0 Å². The minimum atomic E-state index is -3.32. The average molecular weight is 153 g/mol. The Hall–Kier alpha value is -0.130. The van der Waals surface area contributed by atoms with Crippen molar-refractivity contribution >= 4 is 10.1 Å². The second kappa shape index (κ2) is 3.14. The molecule has 0 aromatic rings. The first-order valence-corrected chi connectivity index (χ1v) is 4.35. The summed E-state index contributed by atoms with van der Waals surface area (Å²) in [6.07, 6.45) is 0.582. The molecule has 5 heteroatoms. The van der Waals surface area contributed by atoms with Crippen LogP contribution in [0, 0.1) is 0 Å². The van der Waals surface area contributed by atoms with E-state index < -0.39 is 16.2 Å². The molecule has 0 saturated heterocycles. The van der Waals surface area contributed by atoms with Gasteiger partial charge in [-0.2, -0.15) is 8.42 Å². The fraction of sp³-hybridized carbons (Fsp3) is 1.00. The summed E-state index contributed by atoms with van der Waals surface area (Å²) in [7, 11) is -3.32. The van der Waals surface area contributed by atoms with Gasteiger partial charge in [-0.05, 0) is 6.92 Å². The topological polar surface area (TPSA) is 69.4 Å². The summed E-state index contributed by atoms with van der Waals surface area (Å²) in [5, 5.41) is 0. The Morgan fingerprint density at radius 2 is 2.11 bits per heavy atom. The molecule has 0 unspecified atom stereocenters. The lowest BCUT2D eigenvalue weighted by molar-refractivity contribution is 0.239. The highest BCUT2D eigenvalue weighted by Gasteiger charge is 2.06. The summed E-state index contributed by atoms with van der Waals surface area (Å²) in [5.41, 5.74) is 5.09. The highest BCUT2D eigenvalue weighted by atomic mass is 32.2. The van der Waals surface area contributed by atoms with Gasteiger partial charge in [0, 0.05) is 6.54 Å². The number of nitrogens with two attached hydrogens (primary N) is 1. The fourth-order valence-corrected chi connectivity index (χ4v) is 1.01. The summed E-state index contributed by atoms with van der Waals surface area (Å²) < 4.78 is 25.1. The van der Waals surface area contributed by atoms with Gasteiger partial charge in [-0.15, -0.1) is 0 Å². The zero-order valence-electron chi connectivity index (χ0n) is 5.49. The van der Waals surface area contributed by atoms with Crippen LogP contribution in [-0.4, -0.2) is 27.3 Å². The van der Waals surface area contributed by atoms with Gasteiger partial charge in [0.05, 0.1) is 12.4 Å². The van der Waals surface area contributed by atoms with Crippen LogP contribution < -0.4 is 5.73 Å². The molecule has 56 valence electrons. The Labute approximate surface area is 55.1 Å². The molecule has 0 aliphatic heterocycles. The molecule has 0 rings (SSSR count). The molecule has 0 aromatic heterocycles.